The molecule has 0 atom stereocenters. The van der Waals surface area contributed by atoms with Crippen LogP contribution in [0.2, 0.25) is 0 Å². The lowest BCUT2D eigenvalue weighted by Gasteiger charge is -2.25. The molecule has 0 amide bonds. The standard InChI is InChI=1S/C9H13N5O2S/c10-6-8-7-11-12-9(8)13-17(15,16)14-4-2-1-3-5-14/h7H,1-5H2,(H2,11,12,13). The fraction of sp³-hybridized carbons (Fsp3) is 0.556. The molecule has 2 heterocycles. The molecule has 17 heavy (non-hydrogen) atoms. The fourth-order valence-corrected chi connectivity index (χ4v) is 3.03. The van der Waals surface area contributed by atoms with E-state index < -0.39 is 10.2 Å². The van der Waals surface area contributed by atoms with Gasteiger partial charge < -0.3 is 0 Å². The van der Waals surface area contributed by atoms with Crippen molar-refractivity contribution in [2.75, 3.05) is 17.8 Å². The molecular weight excluding hydrogens is 242 g/mol. The van der Waals surface area contributed by atoms with Crippen LogP contribution in [0.3, 0.4) is 0 Å². The molecule has 92 valence electrons. The molecule has 0 aromatic carbocycles. The first-order valence-corrected chi connectivity index (χ1v) is 6.79. The third-order valence-electron chi connectivity index (χ3n) is 2.65. The van der Waals surface area contributed by atoms with Crippen LogP contribution < -0.4 is 4.72 Å². The highest BCUT2D eigenvalue weighted by Gasteiger charge is 2.25. The van der Waals surface area contributed by atoms with Crippen LogP contribution in [0.15, 0.2) is 6.20 Å². The van der Waals surface area contributed by atoms with Crippen LogP contribution in [0.4, 0.5) is 5.82 Å². The third kappa shape index (κ3) is 2.57. The zero-order valence-electron chi connectivity index (χ0n) is 9.18. The Kier molecular flexibility index (Phi) is 3.31. The Morgan fingerprint density at radius 1 is 1.41 bits per heavy atom. The fourth-order valence-electron chi connectivity index (χ4n) is 1.75. The lowest BCUT2D eigenvalue weighted by molar-refractivity contribution is 0.349. The van der Waals surface area contributed by atoms with E-state index in [1.54, 1.807) is 0 Å². The summed E-state index contributed by atoms with van der Waals surface area (Å²) in [4.78, 5) is 0. The van der Waals surface area contributed by atoms with Gasteiger partial charge in [0.15, 0.2) is 5.82 Å². The monoisotopic (exact) mass is 255 g/mol. The number of aromatic nitrogens is 2. The van der Waals surface area contributed by atoms with Crippen molar-refractivity contribution >= 4 is 16.0 Å². The van der Waals surface area contributed by atoms with Gasteiger partial charge in [0, 0.05) is 13.1 Å². The van der Waals surface area contributed by atoms with Crippen LogP contribution in [0.5, 0.6) is 0 Å². The van der Waals surface area contributed by atoms with E-state index >= 15 is 0 Å². The SMILES string of the molecule is N#Cc1cn[nH]c1NS(=O)(=O)N1CCCCC1. The summed E-state index contributed by atoms with van der Waals surface area (Å²) in [5.74, 6) is 0.123. The number of rotatable bonds is 3. The summed E-state index contributed by atoms with van der Waals surface area (Å²) in [6, 6.07) is 1.86. The first-order chi connectivity index (χ1) is 8.13. The number of hydrogen-bond donors (Lipinski definition) is 2. The van der Waals surface area contributed by atoms with Crippen LogP contribution in [0.1, 0.15) is 24.8 Å². The molecule has 1 aromatic heterocycles. The predicted molar refractivity (Wildman–Crippen MR) is 61.3 cm³/mol. The molecule has 0 aliphatic carbocycles. The predicted octanol–water partition coefficient (Wildman–Crippen LogP) is 0.424. The number of hydrogen-bond acceptors (Lipinski definition) is 4. The van der Waals surface area contributed by atoms with Gasteiger partial charge >= 0.3 is 10.2 Å². The van der Waals surface area contributed by atoms with E-state index in [4.69, 9.17) is 5.26 Å². The Balaban J connectivity index is 2.14. The summed E-state index contributed by atoms with van der Waals surface area (Å²) in [6.07, 6.45) is 4.08. The summed E-state index contributed by atoms with van der Waals surface area (Å²) in [7, 11) is -3.58. The highest BCUT2D eigenvalue weighted by atomic mass is 32.2. The zero-order valence-corrected chi connectivity index (χ0v) is 10.00. The topological polar surface area (TPSA) is 102 Å². The number of H-pyrrole nitrogens is 1. The molecule has 2 N–H and O–H groups in total. The quantitative estimate of drug-likeness (QED) is 0.817. The number of piperidine rings is 1. The molecule has 1 aliphatic heterocycles. The molecule has 0 saturated carbocycles. The van der Waals surface area contributed by atoms with Crippen LogP contribution in [-0.2, 0) is 10.2 Å². The van der Waals surface area contributed by atoms with Crippen molar-refractivity contribution in [1.29, 1.82) is 5.26 Å². The van der Waals surface area contributed by atoms with Crippen LogP contribution in [0, 0.1) is 11.3 Å². The first-order valence-electron chi connectivity index (χ1n) is 5.35. The minimum atomic E-state index is -3.58. The summed E-state index contributed by atoms with van der Waals surface area (Å²) in [5.41, 5.74) is 0.186. The van der Waals surface area contributed by atoms with Crippen LogP contribution >= 0.6 is 0 Å². The summed E-state index contributed by atoms with van der Waals surface area (Å²) >= 11 is 0. The smallest absolute Gasteiger partial charge is 0.261 e. The molecule has 0 bridgehead atoms. The highest BCUT2D eigenvalue weighted by Crippen LogP contribution is 2.17. The minimum absolute atomic E-state index is 0.123. The lowest BCUT2D eigenvalue weighted by Crippen LogP contribution is -2.39. The van der Waals surface area contributed by atoms with Gasteiger partial charge in [-0.25, -0.2) is 0 Å². The number of nitrogens with zero attached hydrogens (tertiary/aromatic N) is 3. The maximum atomic E-state index is 12.0. The maximum Gasteiger partial charge on any atom is 0.302 e. The number of nitriles is 1. The zero-order chi connectivity index (χ0) is 12.3. The second-order valence-corrected chi connectivity index (χ2v) is 5.51. The Bertz CT molecular complexity index is 524. The van der Waals surface area contributed by atoms with Crippen molar-refractivity contribution in [2.24, 2.45) is 0 Å². The summed E-state index contributed by atoms with van der Waals surface area (Å²) in [6.45, 7) is 1.04. The molecule has 0 unspecified atom stereocenters. The second-order valence-electron chi connectivity index (χ2n) is 3.84. The number of aromatic amines is 1. The highest BCUT2D eigenvalue weighted by molar-refractivity contribution is 7.90. The number of anilines is 1. The molecule has 0 radical (unpaired) electrons. The summed E-state index contributed by atoms with van der Waals surface area (Å²) < 4.78 is 27.7. The van der Waals surface area contributed by atoms with Crippen molar-refractivity contribution < 1.29 is 8.42 Å². The van der Waals surface area contributed by atoms with Crippen LogP contribution in [-0.4, -0.2) is 36.0 Å². The Morgan fingerprint density at radius 2 is 2.12 bits per heavy atom. The van der Waals surface area contributed by atoms with E-state index in [-0.39, 0.29) is 11.4 Å². The van der Waals surface area contributed by atoms with Crippen molar-refractivity contribution in [3.8, 4) is 6.07 Å². The van der Waals surface area contributed by atoms with Crippen molar-refractivity contribution in [3.05, 3.63) is 11.8 Å². The maximum absolute atomic E-state index is 12.0. The van der Waals surface area contributed by atoms with E-state index in [0.29, 0.717) is 13.1 Å². The van der Waals surface area contributed by atoms with E-state index in [1.165, 1.54) is 10.5 Å². The number of nitrogens with one attached hydrogen (secondary N) is 2. The van der Waals surface area contributed by atoms with Gasteiger partial charge in [-0.2, -0.15) is 23.1 Å². The molecule has 7 nitrogen and oxygen atoms in total. The molecule has 8 heteroatoms. The van der Waals surface area contributed by atoms with Crippen LogP contribution in [0.25, 0.3) is 0 Å². The molecule has 1 aliphatic rings. The Labute approximate surface area is 99.6 Å². The Hall–Kier alpha value is -1.59. The van der Waals surface area contributed by atoms with Gasteiger partial charge in [0.25, 0.3) is 0 Å². The Morgan fingerprint density at radius 3 is 2.76 bits per heavy atom. The van der Waals surface area contributed by atoms with Gasteiger partial charge in [0.1, 0.15) is 11.6 Å². The van der Waals surface area contributed by atoms with E-state index in [2.05, 4.69) is 14.9 Å². The van der Waals surface area contributed by atoms with Crippen molar-refractivity contribution in [2.45, 2.75) is 19.3 Å². The van der Waals surface area contributed by atoms with E-state index in [0.717, 1.165) is 19.3 Å². The molecule has 1 aromatic rings. The molecule has 2 rings (SSSR count). The molecule has 1 fully saturated rings. The van der Waals surface area contributed by atoms with Crippen molar-refractivity contribution in [3.63, 3.8) is 0 Å². The third-order valence-corrected chi connectivity index (χ3v) is 4.15. The van der Waals surface area contributed by atoms with Gasteiger partial charge in [-0.15, -0.1) is 0 Å². The van der Waals surface area contributed by atoms with Gasteiger partial charge in [-0.3, -0.25) is 9.82 Å². The molecule has 0 spiro atoms. The average molecular weight is 255 g/mol. The van der Waals surface area contributed by atoms with Gasteiger partial charge in [0.05, 0.1) is 6.20 Å². The van der Waals surface area contributed by atoms with E-state index in [9.17, 15) is 8.42 Å². The average Bonchev–Trinajstić information content (AvgIpc) is 2.77. The normalized spacial score (nSPS) is 17.6. The van der Waals surface area contributed by atoms with Gasteiger partial charge in [-0.1, -0.05) is 6.42 Å². The van der Waals surface area contributed by atoms with Crippen molar-refractivity contribution in [1.82, 2.24) is 14.5 Å². The molecular formula is C9H13N5O2S. The second kappa shape index (κ2) is 4.73. The minimum Gasteiger partial charge on any atom is -0.261 e. The van der Waals surface area contributed by atoms with Gasteiger partial charge in [-0.05, 0) is 12.8 Å². The largest absolute Gasteiger partial charge is 0.302 e. The summed E-state index contributed by atoms with van der Waals surface area (Å²) in [5, 5.41) is 14.8. The van der Waals surface area contributed by atoms with Gasteiger partial charge in [0.2, 0.25) is 0 Å². The first kappa shape index (κ1) is 11.9. The molecule has 1 saturated heterocycles. The van der Waals surface area contributed by atoms with E-state index in [1.807, 2.05) is 6.07 Å². The lowest BCUT2D eigenvalue weighted by atomic mass is 10.2.